The van der Waals surface area contributed by atoms with Crippen LogP contribution in [0.4, 0.5) is 8.78 Å². The summed E-state index contributed by atoms with van der Waals surface area (Å²) >= 11 is 0. The zero-order valence-electron chi connectivity index (χ0n) is 15.4. The van der Waals surface area contributed by atoms with Crippen molar-refractivity contribution in [2.75, 3.05) is 13.2 Å². The van der Waals surface area contributed by atoms with Gasteiger partial charge in [-0.25, -0.2) is 13.8 Å². The maximum atomic E-state index is 13.5. The van der Waals surface area contributed by atoms with Gasteiger partial charge in [0, 0.05) is 43.2 Å². The molecule has 1 aliphatic carbocycles. The van der Waals surface area contributed by atoms with Gasteiger partial charge in [0.2, 0.25) is 11.9 Å². The summed E-state index contributed by atoms with van der Waals surface area (Å²) in [5.41, 5.74) is 2.63. The fourth-order valence-corrected chi connectivity index (χ4v) is 4.32. The van der Waals surface area contributed by atoms with E-state index in [1.165, 1.54) is 4.68 Å². The quantitative estimate of drug-likeness (QED) is 0.718. The van der Waals surface area contributed by atoms with Gasteiger partial charge in [0.05, 0.1) is 11.0 Å². The Morgan fingerprint density at radius 2 is 1.96 bits per heavy atom. The predicted octanol–water partition coefficient (Wildman–Crippen LogP) is 3.52. The number of rotatable bonds is 4. The van der Waals surface area contributed by atoms with Gasteiger partial charge in [-0.1, -0.05) is 12.1 Å². The van der Waals surface area contributed by atoms with Crippen molar-refractivity contribution in [3.63, 3.8) is 0 Å². The number of alkyl halides is 2. The lowest BCUT2D eigenvalue weighted by Crippen LogP contribution is -2.34. The topological polar surface area (TPSA) is 75.7 Å². The highest BCUT2D eigenvalue weighted by Gasteiger charge is 2.48. The van der Waals surface area contributed by atoms with Gasteiger partial charge in [-0.05, 0) is 37.3 Å². The highest BCUT2D eigenvalue weighted by Crippen LogP contribution is 2.48. The summed E-state index contributed by atoms with van der Waals surface area (Å²) in [5.74, 6) is -2.24. The first-order valence-corrected chi connectivity index (χ1v) is 9.75. The number of hydrogen-bond donors (Lipinski definition) is 2. The summed E-state index contributed by atoms with van der Waals surface area (Å²) in [5, 5.41) is 3.10. The maximum absolute atomic E-state index is 13.5. The number of halogens is 2. The molecule has 1 aliphatic heterocycles. The second kappa shape index (κ2) is 6.55. The molecule has 8 heteroatoms. The van der Waals surface area contributed by atoms with Crippen molar-refractivity contribution < 1.29 is 13.5 Å². The summed E-state index contributed by atoms with van der Waals surface area (Å²) < 4.78 is 33.8. The van der Waals surface area contributed by atoms with Gasteiger partial charge in [-0.2, -0.15) is 4.68 Å². The molecular weight excluding hydrogens is 366 g/mol. The van der Waals surface area contributed by atoms with Crippen molar-refractivity contribution in [2.45, 2.75) is 43.9 Å². The van der Waals surface area contributed by atoms with Crippen LogP contribution in [0.2, 0.25) is 0 Å². The molecule has 2 aromatic heterocycles. The standard InChI is InChI=1S/C20H22F2N4O2/c21-20(22)10-13(11-20)17-14(9-12-5-7-28-8-6-12)18(27)26(25-17)19-23-15-3-1-2-4-16(15)24-19/h1-4,12-13,25H,5-11H2,(H,23,24). The molecule has 0 bridgehead atoms. The largest absolute Gasteiger partial charge is 0.381 e. The van der Waals surface area contributed by atoms with Gasteiger partial charge >= 0.3 is 0 Å². The second-order valence-corrected chi connectivity index (χ2v) is 7.94. The van der Waals surface area contributed by atoms with Gasteiger partial charge < -0.3 is 9.72 Å². The minimum atomic E-state index is -2.64. The normalized spacial score (nSPS) is 20.5. The Morgan fingerprint density at radius 3 is 2.68 bits per heavy atom. The number of H-pyrrole nitrogens is 2. The molecule has 28 heavy (non-hydrogen) atoms. The van der Waals surface area contributed by atoms with Crippen LogP contribution in [0.25, 0.3) is 17.0 Å². The molecule has 1 saturated heterocycles. The van der Waals surface area contributed by atoms with E-state index in [1.54, 1.807) is 0 Å². The van der Waals surface area contributed by atoms with Crippen LogP contribution >= 0.6 is 0 Å². The van der Waals surface area contributed by atoms with Gasteiger partial charge in [-0.15, -0.1) is 0 Å². The fraction of sp³-hybridized carbons (Fsp3) is 0.500. The molecule has 2 fully saturated rings. The van der Waals surface area contributed by atoms with E-state index in [2.05, 4.69) is 15.1 Å². The molecule has 1 saturated carbocycles. The zero-order chi connectivity index (χ0) is 19.3. The molecule has 0 spiro atoms. The van der Waals surface area contributed by atoms with E-state index in [4.69, 9.17) is 4.74 Å². The third-order valence-corrected chi connectivity index (χ3v) is 5.94. The monoisotopic (exact) mass is 388 g/mol. The van der Waals surface area contributed by atoms with Crippen molar-refractivity contribution in [3.05, 3.63) is 45.9 Å². The first-order chi connectivity index (χ1) is 13.5. The second-order valence-electron chi connectivity index (χ2n) is 7.94. The van der Waals surface area contributed by atoms with Crippen LogP contribution in [0.3, 0.4) is 0 Å². The van der Waals surface area contributed by atoms with Gasteiger partial charge in [0.15, 0.2) is 0 Å². The summed E-state index contributed by atoms with van der Waals surface area (Å²) in [6, 6.07) is 7.51. The molecule has 6 nitrogen and oxygen atoms in total. The molecule has 3 heterocycles. The number of nitrogens with one attached hydrogen (secondary N) is 2. The molecule has 2 aliphatic rings. The number of aromatic nitrogens is 4. The molecule has 5 rings (SSSR count). The minimum absolute atomic E-state index is 0.198. The Kier molecular flexibility index (Phi) is 4.12. The third kappa shape index (κ3) is 3.05. The summed E-state index contributed by atoms with van der Waals surface area (Å²) in [4.78, 5) is 20.8. The molecule has 0 radical (unpaired) electrons. The average Bonchev–Trinajstić information content (AvgIpc) is 3.22. The van der Waals surface area contributed by atoms with E-state index in [0.29, 0.717) is 42.8 Å². The SMILES string of the molecule is O=c1c(CC2CCOCC2)c(C2CC(F)(F)C2)[nH]n1-c1nc2ccccc2[nH]1. The van der Waals surface area contributed by atoms with E-state index in [9.17, 15) is 13.6 Å². The Balaban J connectivity index is 1.55. The van der Waals surface area contributed by atoms with Crippen LogP contribution in [0.5, 0.6) is 0 Å². The first-order valence-electron chi connectivity index (χ1n) is 9.75. The van der Waals surface area contributed by atoms with Crippen molar-refractivity contribution in [2.24, 2.45) is 5.92 Å². The Labute approximate surface area is 159 Å². The van der Waals surface area contributed by atoms with Crippen molar-refractivity contribution >= 4 is 11.0 Å². The van der Waals surface area contributed by atoms with E-state index < -0.39 is 5.92 Å². The van der Waals surface area contributed by atoms with Crippen LogP contribution < -0.4 is 5.56 Å². The van der Waals surface area contributed by atoms with Crippen LogP contribution in [0.15, 0.2) is 29.1 Å². The first kappa shape index (κ1) is 17.6. The number of ether oxygens (including phenoxy) is 1. The lowest BCUT2D eigenvalue weighted by atomic mass is 9.77. The van der Waals surface area contributed by atoms with E-state index in [-0.39, 0.29) is 24.3 Å². The predicted molar refractivity (Wildman–Crippen MR) is 100 cm³/mol. The van der Waals surface area contributed by atoms with Gasteiger partial charge in [-0.3, -0.25) is 9.89 Å². The average molecular weight is 388 g/mol. The zero-order valence-corrected chi connectivity index (χ0v) is 15.4. The lowest BCUT2D eigenvalue weighted by molar-refractivity contribution is -0.0878. The Hall–Kier alpha value is -2.48. The van der Waals surface area contributed by atoms with Crippen molar-refractivity contribution in [1.82, 2.24) is 19.7 Å². The van der Waals surface area contributed by atoms with Crippen molar-refractivity contribution in [1.29, 1.82) is 0 Å². The maximum Gasteiger partial charge on any atom is 0.277 e. The number of fused-ring (bicyclic) bond motifs is 1. The van der Waals surface area contributed by atoms with E-state index in [0.717, 1.165) is 23.9 Å². The van der Waals surface area contributed by atoms with E-state index in [1.807, 2.05) is 24.3 Å². The molecule has 3 aromatic rings. The van der Waals surface area contributed by atoms with Crippen LogP contribution in [-0.4, -0.2) is 38.9 Å². The van der Waals surface area contributed by atoms with Gasteiger partial charge in [0.25, 0.3) is 5.56 Å². The molecule has 0 unspecified atom stereocenters. The number of hydrogen-bond acceptors (Lipinski definition) is 3. The number of para-hydroxylation sites is 2. The molecule has 0 amide bonds. The Bertz CT molecular complexity index is 1020. The molecule has 0 atom stereocenters. The summed E-state index contributed by atoms with van der Waals surface area (Å²) in [6.07, 6.45) is 1.93. The molecular formula is C20H22F2N4O2. The van der Waals surface area contributed by atoms with Gasteiger partial charge in [0.1, 0.15) is 0 Å². The number of imidazole rings is 1. The van der Waals surface area contributed by atoms with E-state index >= 15 is 0 Å². The number of nitrogens with zero attached hydrogens (tertiary/aromatic N) is 2. The number of benzene rings is 1. The Morgan fingerprint density at radius 1 is 1.21 bits per heavy atom. The van der Waals surface area contributed by atoms with Crippen LogP contribution in [-0.2, 0) is 11.2 Å². The molecule has 1 aromatic carbocycles. The smallest absolute Gasteiger partial charge is 0.277 e. The molecule has 2 N–H and O–H groups in total. The van der Waals surface area contributed by atoms with Crippen LogP contribution in [0, 0.1) is 5.92 Å². The highest BCUT2D eigenvalue weighted by atomic mass is 19.3. The fourth-order valence-electron chi connectivity index (χ4n) is 4.32. The summed E-state index contributed by atoms with van der Waals surface area (Å²) in [7, 11) is 0. The highest BCUT2D eigenvalue weighted by molar-refractivity contribution is 5.75. The third-order valence-electron chi connectivity index (χ3n) is 5.94. The van der Waals surface area contributed by atoms with Crippen molar-refractivity contribution in [3.8, 4) is 5.95 Å². The summed E-state index contributed by atoms with van der Waals surface area (Å²) in [6.45, 7) is 1.37. The minimum Gasteiger partial charge on any atom is -0.381 e. The molecule has 148 valence electrons. The van der Waals surface area contributed by atoms with Crippen LogP contribution in [0.1, 0.15) is 42.9 Å². The number of aromatic amines is 2. The lowest BCUT2D eigenvalue weighted by Gasteiger charge is -2.35.